The van der Waals surface area contributed by atoms with Crippen LogP contribution in [0.5, 0.6) is 0 Å². The van der Waals surface area contributed by atoms with Crippen molar-refractivity contribution in [2.75, 3.05) is 5.33 Å². The zero-order valence-electron chi connectivity index (χ0n) is 5.19. The van der Waals surface area contributed by atoms with Crippen LogP contribution in [0.25, 0.3) is 0 Å². The van der Waals surface area contributed by atoms with Gasteiger partial charge in [0.2, 0.25) is 0 Å². The minimum Gasteiger partial charge on any atom is -0.233 e. The lowest BCUT2D eigenvalue weighted by Gasteiger charge is -2.00. The Labute approximate surface area is 59.2 Å². The molecule has 0 heterocycles. The summed E-state index contributed by atoms with van der Waals surface area (Å²) in [6.45, 7) is 2.04. The number of halogens is 1. The maximum atomic E-state index is 10.7. The Morgan fingerprint density at radius 1 is 1.50 bits per heavy atom. The molecule has 0 saturated heterocycles. The molecule has 8 heavy (non-hydrogen) atoms. The third-order valence-corrected chi connectivity index (χ3v) is 1.50. The number of rotatable bonds is 4. The fourth-order valence-corrected chi connectivity index (χ4v) is 1.10. The van der Waals surface area contributed by atoms with Gasteiger partial charge in [0.05, 0.1) is 6.10 Å². The standard InChI is InChI=1S/C6H12BrO/c1-2-3-6(8)4-5-7/h6H,2-5H2,1H3. The highest BCUT2D eigenvalue weighted by Crippen LogP contribution is 2.02. The van der Waals surface area contributed by atoms with E-state index in [9.17, 15) is 5.11 Å². The third-order valence-electron chi connectivity index (χ3n) is 1.04. The number of hydrogen-bond donors (Lipinski definition) is 0. The number of hydrogen-bond acceptors (Lipinski definition) is 0. The quantitative estimate of drug-likeness (QED) is 0.592. The monoisotopic (exact) mass is 179 g/mol. The number of alkyl halides is 1. The molecule has 1 nitrogen and oxygen atoms in total. The van der Waals surface area contributed by atoms with Crippen molar-refractivity contribution in [1.82, 2.24) is 0 Å². The van der Waals surface area contributed by atoms with Gasteiger partial charge >= 0.3 is 0 Å². The summed E-state index contributed by atoms with van der Waals surface area (Å²) in [5.74, 6) is 0. The molecule has 1 atom stereocenters. The normalized spacial score (nSPS) is 13.9. The molecule has 0 spiro atoms. The highest BCUT2D eigenvalue weighted by Gasteiger charge is 2.00. The van der Waals surface area contributed by atoms with Gasteiger partial charge in [-0.1, -0.05) is 29.3 Å². The van der Waals surface area contributed by atoms with Gasteiger partial charge in [0, 0.05) is 5.33 Å². The van der Waals surface area contributed by atoms with Gasteiger partial charge < -0.3 is 0 Å². The molecule has 0 bridgehead atoms. The zero-order valence-corrected chi connectivity index (χ0v) is 6.78. The van der Waals surface area contributed by atoms with E-state index >= 15 is 0 Å². The van der Waals surface area contributed by atoms with E-state index in [1.54, 1.807) is 0 Å². The average Bonchev–Trinajstić information content (AvgIpc) is 1.68. The van der Waals surface area contributed by atoms with Crippen molar-refractivity contribution in [3.63, 3.8) is 0 Å². The van der Waals surface area contributed by atoms with Crippen molar-refractivity contribution < 1.29 is 5.11 Å². The maximum absolute atomic E-state index is 10.7. The molecule has 0 rings (SSSR count). The van der Waals surface area contributed by atoms with Gasteiger partial charge in [-0.15, -0.1) is 0 Å². The van der Waals surface area contributed by atoms with Crippen LogP contribution in [0.4, 0.5) is 0 Å². The molecule has 0 aliphatic carbocycles. The fourth-order valence-electron chi connectivity index (χ4n) is 0.588. The molecule has 0 aromatic carbocycles. The summed E-state index contributed by atoms with van der Waals surface area (Å²) in [5, 5.41) is 11.5. The average molecular weight is 180 g/mol. The molecule has 0 aromatic heterocycles. The first kappa shape index (κ1) is 8.44. The van der Waals surface area contributed by atoms with Crippen LogP contribution >= 0.6 is 15.9 Å². The largest absolute Gasteiger partial charge is 0.233 e. The Morgan fingerprint density at radius 2 is 2.12 bits per heavy atom. The Morgan fingerprint density at radius 3 is 2.50 bits per heavy atom. The highest BCUT2D eigenvalue weighted by atomic mass is 79.9. The molecule has 0 saturated carbocycles. The second kappa shape index (κ2) is 5.57. The summed E-state index contributed by atoms with van der Waals surface area (Å²) >= 11 is 3.22. The minimum atomic E-state index is -0.334. The second-order valence-electron chi connectivity index (χ2n) is 1.89. The van der Waals surface area contributed by atoms with Crippen LogP contribution < -0.4 is 0 Å². The van der Waals surface area contributed by atoms with Gasteiger partial charge in [0.15, 0.2) is 0 Å². The van der Waals surface area contributed by atoms with Crippen molar-refractivity contribution >= 4 is 15.9 Å². The SMILES string of the molecule is CCCC([O])CCBr. The lowest BCUT2D eigenvalue weighted by Crippen LogP contribution is -2.03. The van der Waals surface area contributed by atoms with Crippen molar-refractivity contribution in [3.05, 3.63) is 0 Å². The van der Waals surface area contributed by atoms with Crippen LogP contribution in [0.3, 0.4) is 0 Å². The Kier molecular flexibility index (Phi) is 5.88. The van der Waals surface area contributed by atoms with Crippen molar-refractivity contribution in [3.8, 4) is 0 Å². The zero-order chi connectivity index (χ0) is 6.41. The molecule has 0 aromatic rings. The van der Waals surface area contributed by atoms with E-state index in [0.717, 1.165) is 24.6 Å². The maximum Gasteiger partial charge on any atom is 0.0938 e. The first-order chi connectivity index (χ1) is 3.81. The summed E-state index contributed by atoms with van der Waals surface area (Å²) in [6.07, 6.45) is 2.28. The van der Waals surface area contributed by atoms with Crippen LogP contribution in [0.15, 0.2) is 0 Å². The lowest BCUT2D eigenvalue weighted by molar-refractivity contribution is 0.0786. The van der Waals surface area contributed by atoms with Gasteiger partial charge in [-0.2, -0.15) is 0 Å². The smallest absolute Gasteiger partial charge is 0.0938 e. The molecule has 0 aliphatic rings. The van der Waals surface area contributed by atoms with Crippen LogP contribution in [-0.2, 0) is 5.11 Å². The van der Waals surface area contributed by atoms with E-state index in [4.69, 9.17) is 0 Å². The summed E-state index contributed by atoms with van der Waals surface area (Å²) in [4.78, 5) is 0. The summed E-state index contributed by atoms with van der Waals surface area (Å²) in [7, 11) is 0. The van der Waals surface area contributed by atoms with Crippen LogP contribution in [0.1, 0.15) is 26.2 Å². The van der Waals surface area contributed by atoms with Gasteiger partial charge in [-0.25, -0.2) is 5.11 Å². The van der Waals surface area contributed by atoms with Gasteiger partial charge in [-0.05, 0) is 12.8 Å². The fraction of sp³-hybridized carbons (Fsp3) is 1.00. The third kappa shape index (κ3) is 4.60. The molecule has 0 N–H and O–H groups in total. The van der Waals surface area contributed by atoms with Crippen molar-refractivity contribution in [2.24, 2.45) is 0 Å². The first-order valence-electron chi connectivity index (χ1n) is 3.03. The highest BCUT2D eigenvalue weighted by molar-refractivity contribution is 9.09. The van der Waals surface area contributed by atoms with Crippen molar-refractivity contribution in [1.29, 1.82) is 0 Å². The van der Waals surface area contributed by atoms with Gasteiger partial charge in [-0.3, -0.25) is 0 Å². The van der Waals surface area contributed by atoms with Gasteiger partial charge in [0.1, 0.15) is 0 Å². The van der Waals surface area contributed by atoms with Crippen molar-refractivity contribution in [2.45, 2.75) is 32.3 Å². The molecular weight excluding hydrogens is 168 g/mol. The predicted molar refractivity (Wildman–Crippen MR) is 37.8 cm³/mol. The molecule has 0 aliphatic heterocycles. The van der Waals surface area contributed by atoms with E-state index < -0.39 is 0 Å². The Hall–Kier alpha value is 0.440. The first-order valence-corrected chi connectivity index (χ1v) is 4.15. The summed E-state index contributed by atoms with van der Waals surface area (Å²) in [6, 6.07) is 0. The van der Waals surface area contributed by atoms with E-state index in [-0.39, 0.29) is 6.10 Å². The molecule has 1 radical (unpaired) electrons. The molecule has 0 fully saturated rings. The summed E-state index contributed by atoms with van der Waals surface area (Å²) in [5.41, 5.74) is 0. The lowest BCUT2D eigenvalue weighted by atomic mass is 10.2. The molecule has 0 amide bonds. The van der Waals surface area contributed by atoms with E-state index in [1.807, 2.05) is 6.92 Å². The summed E-state index contributed by atoms with van der Waals surface area (Å²) < 4.78 is 0. The van der Waals surface area contributed by atoms with E-state index in [1.165, 1.54) is 0 Å². The predicted octanol–water partition coefficient (Wildman–Crippen LogP) is 2.37. The van der Waals surface area contributed by atoms with E-state index in [0.29, 0.717) is 0 Å². The minimum absolute atomic E-state index is 0.334. The second-order valence-corrected chi connectivity index (χ2v) is 2.68. The topological polar surface area (TPSA) is 19.9 Å². The molecule has 49 valence electrons. The Balaban J connectivity index is 2.92. The van der Waals surface area contributed by atoms with E-state index in [2.05, 4.69) is 15.9 Å². The van der Waals surface area contributed by atoms with Crippen LogP contribution in [-0.4, -0.2) is 11.4 Å². The molecular formula is C6H12BrO. The molecule has 1 unspecified atom stereocenters. The van der Waals surface area contributed by atoms with Gasteiger partial charge in [0.25, 0.3) is 0 Å². The van der Waals surface area contributed by atoms with Crippen LogP contribution in [0, 0.1) is 0 Å². The Bertz CT molecular complexity index is 41.8. The van der Waals surface area contributed by atoms with Crippen LogP contribution in [0.2, 0.25) is 0 Å². The molecule has 2 heteroatoms.